The molecule has 0 unspecified atom stereocenters. The lowest BCUT2D eigenvalue weighted by molar-refractivity contribution is 0.500. The summed E-state index contributed by atoms with van der Waals surface area (Å²) in [6.07, 6.45) is 2.68. The molecule has 0 amide bonds. The average molecular weight is 237 g/mol. The Morgan fingerprint density at radius 1 is 1.38 bits per heavy atom. The van der Waals surface area contributed by atoms with Gasteiger partial charge in [0.2, 0.25) is 5.89 Å². The number of hydrogen-bond donors (Lipinski definition) is 1. The van der Waals surface area contributed by atoms with Crippen LogP contribution in [0.15, 0.2) is 16.5 Å². The minimum atomic E-state index is 0.622. The number of nitrogens with zero attached hydrogens (tertiary/aromatic N) is 2. The largest absolute Gasteiger partial charge is 0.420 e. The molecule has 5 heteroatoms. The first-order valence-electron chi connectivity index (χ1n) is 5.45. The molecule has 0 radical (unpaired) electrons. The Bertz CT molecular complexity index is 450. The Hall–Kier alpha value is -1.20. The number of hydrogen-bond acceptors (Lipinski definition) is 5. The fourth-order valence-corrected chi connectivity index (χ4v) is 2.26. The second-order valence-electron chi connectivity index (χ2n) is 3.51. The second kappa shape index (κ2) is 5.23. The molecular formula is C11H15N3OS. The van der Waals surface area contributed by atoms with E-state index in [1.165, 1.54) is 4.88 Å². The molecule has 16 heavy (non-hydrogen) atoms. The van der Waals surface area contributed by atoms with Crippen molar-refractivity contribution in [2.24, 2.45) is 5.73 Å². The van der Waals surface area contributed by atoms with Crippen LogP contribution in [0.5, 0.6) is 0 Å². The maximum Gasteiger partial charge on any atom is 0.257 e. The molecule has 2 heterocycles. The Labute approximate surface area is 98.5 Å². The summed E-state index contributed by atoms with van der Waals surface area (Å²) in [4.78, 5) is 2.38. The smallest absolute Gasteiger partial charge is 0.257 e. The van der Waals surface area contributed by atoms with Crippen LogP contribution in [0.3, 0.4) is 0 Å². The summed E-state index contributed by atoms with van der Waals surface area (Å²) in [5.74, 6) is 1.30. The van der Waals surface area contributed by atoms with Crippen LogP contribution in [0.1, 0.15) is 24.1 Å². The molecule has 2 rings (SSSR count). The zero-order chi connectivity index (χ0) is 11.4. The fourth-order valence-electron chi connectivity index (χ4n) is 1.39. The average Bonchev–Trinajstić information content (AvgIpc) is 2.94. The van der Waals surface area contributed by atoms with E-state index in [9.17, 15) is 0 Å². The van der Waals surface area contributed by atoms with Crippen molar-refractivity contribution in [1.82, 2.24) is 10.2 Å². The van der Waals surface area contributed by atoms with Gasteiger partial charge >= 0.3 is 0 Å². The molecule has 0 atom stereocenters. The second-order valence-corrected chi connectivity index (χ2v) is 4.68. The number of nitrogens with two attached hydrogens (primary N) is 1. The molecule has 0 spiro atoms. The summed E-state index contributed by atoms with van der Waals surface area (Å²) < 4.78 is 5.56. The summed E-state index contributed by atoms with van der Waals surface area (Å²) in [6.45, 7) is 2.78. The third kappa shape index (κ3) is 2.48. The minimum absolute atomic E-state index is 0.622. The predicted octanol–water partition coefficient (Wildman–Crippen LogP) is 2.25. The van der Waals surface area contributed by atoms with E-state index < -0.39 is 0 Å². The molecule has 0 bridgehead atoms. The molecule has 0 aliphatic rings. The van der Waals surface area contributed by atoms with Crippen molar-refractivity contribution in [3.05, 3.63) is 22.9 Å². The lowest BCUT2D eigenvalue weighted by Gasteiger charge is -1.90. The van der Waals surface area contributed by atoms with Crippen LogP contribution < -0.4 is 5.73 Å². The Kier molecular flexibility index (Phi) is 3.69. The van der Waals surface area contributed by atoms with E-state index in [0.717, 1.165) is 24.1 Å². The van der Waals surface area contributed by atoms with E-state index in [1.54, 1.807) is 11.3 Å². The molecule has 2 aromatic rings. The number of thiophene rings is 1. The molecule has 0 saturated carbocycles. The van der Waals surface area contributed by atoms with Crippen molar-refractivity contribution < 1.29 is 4.42 Å². The van der Waals surface area contributed by atoms with E-state index in [-0.39, 0.29) is 0 Å². The zero-order valence-electron chi connectivity index (χ0n) is 9.27. The van der Waals surface area contributed by atoms with Crippen LogP contribution in [0.25, 0.3) is 10.8 Å². The monoisotopic (exact) mass is 237 g/mol. The SMILES string of the molecule is CCc1ccc(-c2nnc(CCCN)o2)s1. The van der Waals surface area contributed by atoms with Crippen LogP contribution in [0.4, 0.5) is 0 Å². The number of aromatic nitrogens is 2. The Morgan fingerprint density at radius 2 is 2.25 bits per heavy atom. The van der Waals surface area contributed by atoms with E-state index in [1.807, 2.05) is 6.07 Å². The van der Waals surface area contributed by atoms with E-state index in [0.29, 0.717) is 18.3 Å². The van der Waals surface area contributed by atoms with Crippen LogP contribution in [0.2, 0.25) is 0 Å². The summed E-state index contributed by atoms with van der Waals surface area (Å²) in [5, 5.41) is 8.04. The predicted molar refractivity (Wildman–Crippen MR) is 64.4 cm³/mol. The van der Waals surface area contributed by atoms with E-state index >= 15 is 0 Å². The summed E-state index contributed by atoms with van der Waals surface area (Å²) >= 11 is 1.70. The van der Waals surface area contributed by atoms with Crippen LogP contribution in [-0.4, -0.2) is 16.7 Å². The van der Waals surface area contributed by atoms with Gasteiger partial charge in [0.15, 0.2) is 0 Å². The summed E-state index contributed by atoms with van der Waals surface area (Å²) in [5.41, 5.74) is 5.43. The van der Waals surface area contributed by atoms with Gasteiger partial charge in [0.05, 0.1) is 4.88 Å². The third-order valence-corrected chi connectivity index (χ3v) is 3.50. The van der Waals surface area contributed by atoms with Gasteiger partial charge in [-0.15, -0.1) is 21.5 Å². The van der Waals surface area contributed by atoms with Crippen LogP contribution in [-0.2, 0) is 12.8 Å². The Balaban J connectivity index is 2.11. The highest BCUT2D eigenvalue weighted by Gasteiger charge is 2.10. The molecule has 0 aliphatic heterocycles. The molecule has 2 N–H and O–H groups in total. The number of aryl methyl sites for hydroxylation is 2. The standard InChI is InChI=1S/C11H15N3OS/c1-2-8-5-6-9(16-8)11-14-13-10(15-11)4-3-7-12/h5-6H,2-4,7,12H2,1H3. The normalized spacial score (nSPS) is 10.9. The minimum Gasteiger partial charge on any atom is -0.420 e. The third-order valence-electron chi connectivity index (χ3n) is 2.28. The first kappa shape index (κ1) is 11.3. The fraction of sp³-hybridized carbons (Fsp3) is 0.455. The van der Waals surface area contributed by atoms with Crippen molar-refractivity contribution in [1.29, 1.82) is 0 Å². The molecule has 0 fully saturated rings. The van der Waals surface area contributed by atoms with Gasteiger partial charge in [0.25, 0.3) is 5.89 Å². The van der Waals surface area contributed by atoms with Gasteiger partial charge in [-0.05, 0) is 31.5 Å². The van der Waals surface area contributed by atoms with Crippen molar-refractivity contribution in [3.63, 3.8) is 0 Å². The first-order valence-corrected chi connectivity index (χ1v) is 6.26. The lowest BCUT2D eigenvalue weighted by atomic mass is 10.3. The topological polar surface area (TPSA) is 64.9 Å². The highest BCUT2D eigenvalue weighted by atomic mass is 32.1. The quantitative estimate of drug-likeness (QED) is 0.866. The lowest BCUT2D eigenvalue weighted by Crippen LogP contribution is -2.00. The highest BCUT2D eigenvalue weighted by Crippen LogP contribution is 2.27. The van der Waals surface area contributed by atoms with Crippen LogP contribution >= 0.6 is 11.3 Å². The molecular weight excluding hydrogens is 222 g/mol. The van der Waals surface area contributed by atoms with Gasteiger partial charge in [-0.25, -0.2) is 0 Å². The molecule has 0 aliphatic carbocycles. The molecule has 4 nitrogen and oxygen atoms in total. The van der Waals surface area contributed by atoms with Gasteiger partial charge in [-0.1, -0.05) is 6.92 Å². The Morgan fingerprint density at radius 3 is 2.94 bits per heavy atom. The zero-order valence-corrected chi connectivity index (χ0v) is 10.1. The van der Waals surface area contributed by atoms with Crippen molar-refractivity contribution >= 4 is 11.3 Å². The highest BCUT2D eigenvalue weighted by molar-refractivity contribution is 7.15. The first-order chi connectivity index (χ1) is 7.83. The maximum absolute atomic E-state index is 5.56. The van der Waals surface area contributed by atoms with Gasteiger partial charge in [0.1, 0.15) is 0 Å². The van der Waals surface area contributed by atoms with Crippen molar-refractivity contribution in [3.8, 4) is 10.8 Å². The summed E-state index contributed by atoms with van der Waals surface area (Å²) in [6, 6.07) is 4.13. The van der Waals surface area contributed by atoms with E-state index in [4.69, 9.17) is 10.2 Å². The summed E-state index contributed by atoms with van der Waals surface area (Å²) in [7, 11) is 0. The van der Waals surface area contributed by atoms with Gasteiger partial charge < -0.3 is 10.2 Å². The molecule has 0 aromatic carbocycles. The van der Waals surface area contributed by atoms with Gasteiger partial charge in [-0.2, -0.15) is 0 Å². The van der Waals surface area contributed by atoms with Gasteiger partial charge in [-0.3, -0.25) is 0 Å². The van der Waals surface area contributed by atoms with Crippen molar-refractivity contribution in [2.45, 2.75) is 26.2 Å². The van der Waals surface area contributed by atoms with Crippen molar-refractivity contribution in [2.75, 3.05) is 6.54 Å². The molecule has 2 aromatic heterocycles. The number of rotatable bonds is 5. The molecule has 0 saturated heterocycles. The van der Waals surface area contributed by atoms with E-state index in [2.05, 4.69) is 23.2 Å². The molecule has 86 valence electrons. The van der Waals surface area contributed by atoms with Crippen LogP contribution in [0, 0.1) is 0 Å². The maximum atomic E-state index is 5.56. The van der Waals surface area contributed by atoms with Gasteiger partial charge in [0, 0.05) is 11.3 Å².